The molecule has 1 heterocycles. The number of carboxylic acids is 1. The molecule has 2 unspecified atom stereocenters. The first-order chi connectivity index (χ1) is 14.0. The molecule has 1 aliphatic rings. The quantitative estimate of drug-likeness (QED) is 0.717. The first-order valence-corrected chi connectivity index (χ1v) is 9.99. The van der Waals surface area contributed by atoms with Crippen molar-refractivity contribution in [2.75, 3.05) is 20.2 Å². The molecular weight excluding hydrogens is 368 g/mol. The van der Waals surface area contributed by atoms with Crippen molar-refractivity contribution in [3.8, 4) is 0 Å². The van der Waals surface area contributed by atoms with Gasteiger partial charge in [0.1, 0.15) is 6.10 Å². The number of hydrogen-bond donors (Lipinski definition) is 2. The van der Waals surface area contributed by atoms with Gasteiger partial charge < -0.3 is 20.1 Å². The summed E-state index contributed by atoms with van der Waals surface area (Å²) in [4.78, 5) is 25.4. The maximum atomic E-state index is 12.8. The topological polar surface area (TPSA) is 78.9 Å². The lowest BCUT2D eigenvalue weighted by molar-refractivity contribution is -0.137. The van der Waals surface area contributed by atoms with Crippen LogP contribution in [0.2, 0.25) is 0 Å². The van der Waals surface area contributed by atoms with Gasteiger partial charge in [0.25, 0.3) is 0 Å². The summed E-state index contributed by atoms with van der Waals surface area (Å²) in [6.45, 7) is 1.09. The lowest BCUT2D eigenvalue weighted by atomic mass is 9.97. The van der Waals surface area contributed by atoms with Crippen LogP contribution in [-0.4, -0.2) is 48.2 Å². The number of likely N-dealkylation sites (N-methyl/N-ethyl adjacent to an activating group) is 1. The van der Waals surface area contributed by atoms with E-state index in [9.17, 15) is 9.59 Å². The molecular formula is C23H28N2O4. The van der Waals surface area contributed by atoms with Gasteiger partial charge in [0.05, 0.1) is 13.2 Å². The van der Waals surface area contributed by atoms with E-state index in [4.69, 9.17) is 9.84 Å². The molecule has 0 radical (unpaired) electrons. The second kappa shape index (κ2) is 10.1. The third kappa shape index (κ3) is 6.06. The zero-order valence-electron chi connectivity index (χ0n) is 16.7. The minimum atomic E-state index is -0.863. The van der Waals surface area contributed by atoms with Crippen LogP contribution in [0.4, 0.5) is 4.79 Å². The zero-order valence-corrected chi connectivity index (χ0v) is 16.7. The van der Waals surface area contributed by atoms with Crippen LogP contribution in [0.25, 0.3) is 0 Å². The summed E-state index contributed by atoms with van der Waals surface area (Å²) in [5, 5.41) is 12.0. The molecule has 0 spiro atoms. The highest BCUT2D eigenvalue weighted by molar-refractivity contribution is 5.74. The summed E-state index contributed by atoms with van der Waals surface area (Å²) in [5.41, 5.74) is 3.46. The molecule has 2 N–H and O–H groups in total. The molecule has 2 aromatic rings. The Labute approximate surface area is 171 Å². The van der Waals surface area contributed by atoms with Crippen LogP contribution in [-0.2, 0) is 22.4 Å². The standard InChI is InChI=1S/C23H28N2O4/c1-25(16-21-20-10-6-5-9-18(20)13-14-29-21)23(28)24-19(11-12-22(26)27)15-17-7-3-2-4-8-17/h2-10,19,21H,11-16H2,1H3,(H,24,28)(H,26,27). The fourth-order valence-electron chi connectivity index (χ4n) is 3.67. The fourth-order valence-corrected chi connectivity index (χ4v) is 3.67. The maximum Gasteiger partial charge on any atom is 0.317 e. The van der Waals surface area contributed by atoms with Crippen molar-refractivity contribution in [3.63, 3.8) is 0 Å². The van der Waals surface area contributed by atoms with Crippen LogP contribution >= 0.6 is 0 Å². The van der Waals surface area contributed by atoms with Crippen molar-refractivity contribution in [1.29, 1.82) is 0 Å². The predicted molar refractivity (Wildman–Crippen MR) is 111 cm³/mol. The number of rotatable bonds is 8. The molecule has 0 fully saturated rings. The monoisotopic (exact) mass is 396 g/mol. The van der Waals surface area contributed by atoms with Crippen molar-refractivity contribution in [3.05, 3.63) is 71.3 Å². The average molecular weight is 396 g/mol. The minimum absolute atomic E-state index is 0.0145. The lowest BCUT2D eigenvalue weighted by Crippen LogP contribution is -2.46. The van der Waals surface area contributed by atoms with Crippen LogP contribution < -0.4 is 5.32 Å². The van der Waals surface area contributed by atoms with Gasteiger partial charge in [-0.2, -0.15) is 0 Å². The van der Waals surface area contributed by atoms with E-state index < -0.39 is 5.97 Å². The smallest absolute Gasteiger partial charge is 0.317 e. The van der Waals surface area contributed by atoms with Crippen molar-refractivity contribution < 1.29 is 19.4 Å². The summed E-state index contributed by atoms with van der Waals surface area (Å²) >= 11 is 0. The van der Waals surface area contributed by atoms with E-state index in [1.165, 1.54) is 5.56 Å². The van der Waals surface area contributed by atoms with Gasteiger partial charge >= 0.3 is 12.0 Å². The van der Waals surface area contributed by atoms with Gasteiger partial charge in [0.2, 0.25) is 0 Å². The number of nitrogens with zero attached hydrogens (tertiary/aromatic N) is 1. The molecule has 2 atom stereocenters. The van der Waals surface area contributed by atoms with Gasteiger partial charge in [-0.3, -0.25) is 4.79 Å². The minimum Gasteiger partial charge on any atom is -0.481 e. The molecule has 154 valence electrons. The van der Waals surface area contributed by atoms with E-state index in [0.29, 0.717) is 26.0 Å². The van der Waals surface area contributed by atoms with Crippen LogP contribution in [0.3, 0.4) is 0 Å². The Balaban J connectivity index is 1.61. The van der Waals surface area contributed by atoms with Crippen molar-refractivity contribution in [2.45, 2.75) is 37.8 Å². The number of ether oxygens (including phenoxy) is 1. The predicted octanol–water partition coefficient (Wildman–Crippen LogP) is 3.42. The first-order valence-electron chi connectivity index (χ1n) is 9.99. The molecule has 2 amide bonds. The van der Waals surface area contributed by atoms with Crippen LogP contribution in [0.1, 0.15) is 35.6 Å². The summed E-state index contributed by atoms with van der Waals surface area (Å²) < 4.78 is 5.91. The number of fused-ring (bicyclic) bond motifs is 1. The van der Waals surface area contributed by atoms with Crippen molar-refractivity contribution in [1.82, 2.24) is 10.2 Å². The van der Waals surface area contributed by atoms with Gasteiger partial charge in [-0.1, -0.05) is 54.6 Å². The Morgan fingerprint density at radius 3 is 2.66 bits per heavy atom. The Morgan fingerprint density at radius 2 is 1.90 bits per heavy atom. The number of carbonyl (C=O) groups is 2. The number of amides is 2. The number of aliphatic carboxylic acids is 1. The molecule has 1 aliphatic heterocycles. The molecule has 0 aliphatic carbocycles. The second-order valence-corrected chi connectivity index (χ2v) is 7.46. The highest BCUT2D eigenvalue weighted by Crippen LogP contribution is 2.27. The Bertz CT molecular complexity index is 825. The van der Waals surface area contributed by atoms with E-state index >= 15 is 0 Å². The largest absolute Gasteiger partial charge is 0.481 e. The summed E-state index contributed by atoms with van der Waals surface area (Å²) in [6.07, 6.45) is 1.72. The number of urea groups is 1. The first kappa shape index (κ1) is 20.9. The lowest BCUT2D eigenvalue weighted by Gasteiger charge is -2.30. The number of carboxylic acid groups (broad SMARTS) is 1. The maximum absolute atomic E-state index is 12.8. The molecule has 3 rings (SSSR count). The number of carbonyl (C=O) groups excluding carboxylic acids is 1. The molecule has 6 nitrogen and oxygen atoms in total. The number of nitrogens with one attached hydrogen (secondary N) is 1. The second-order valence-electron chi connectivity index (χ2n) is 7.46. The third-order valence-corrected chi connectivity index (χ3v) is 5.24. The van der Waals surface area contributed by atoms with Gasteiger partial charge in [-0.25, -0.2) is 4.79 Å². The fraction of sp³-hybridized carbons (Fsp3) is 0.391. The van der Waals surface area contributed by atoms with Gasteiger partial charge in [-0.15, -0.1) is 0 Å². The molecule has 0 saturated carbocycles. The number of hydrogen-bond acceptors (Lipinski definition) is 3. The molecule has 29 heavy (non-hydrogen) atoms. The van der Waals surface area contributed by atoms with E-state index in [1.807, 2.05) is 42.5 Å². The Kier molecular flexibility index (Phi) is 7.25. The van der Waals surface area contributed by atoms with Crippen LogP contribution in [0.5, 0.6) is 0 Å². The van der Waals surface area contributed by atoms with Gasteiger partial charge in [0, 0.05) is 19.5 Å². The van der Waals surface area contributed by atoms with E-state index in [1.54, 1.807) is 11.9 Å². The van der Waals surface area contributed by atoms with Crippen LogP contribution in [0.15, 0.2) is 54.6 Å². The van der Waals surface area contributed by atoms with Crippen molar-refractivity contribution >= 4 is 12.0 Å². The molecule has 0 saturated heterocycles. The van der Waals surface area contributed by atoms with E-state index in [-0.39, 0.29) is 24.6 Å². The molecule has 6 heteroatoms. The van der Waals surface area contributed by atoms with E-state index in [2.05, 4.69) is 17.4 Å². The van der Waals surface area contributed by atoms with E-state index in [0.717, 1.165) is 17.5 Å². The summed E-state index contributed by atoms with van der Waals surface area (Å²) in [7, 11) is 1.74. The van der Waals surface area contributed by atoms with Gasteiger partial charge in [0.15, 0.2) is 0 Å². The summed E-state index contributed by atoms with van der Waals surface area (Å²) in [6, 6.07) is 17.5. The Morgan fingerprint density at radius 1 is 1.17 bits per heavy atom. The Hall–Kier alpha value is -2.86. The highest BCUT2D eigenvalue weighted by Gasteiger charge is 2.24. The zero-order chi connectivity index (χ0) is 20.6. The highest BCUT2D eigenvalue weighted by atomic mass is 16.5. The molecule has 0 aromatic heterocycles. The third-order valence-electron chi connectivity index (χ3n) is 5.24. The van der Waals surface area contributed by atoms with Crippen LogP contribution in [0, 0.1) is 0 Å². The number of benzene rings is 2. The van der Waals surface area contributed by atoms with Crippen molar-refractivity contribution in [2.24, 2.45) is 0 Å². The normalized spacial score (nSPS) is 16.5. The van der Waals surface area contributed by atoms with Gasteiger partial charge in [-0.05, 0) is 36.0 Å². The summed E-state index contributed by atoms with van der Waals surface area (Å²) in [5.74, 6) is -0.863. The molecule has 0 bridgehead atoms. The average Bonchev–Trinajstić information content (AvgIpc) is 2.73. The SMILES string of the molecule is CN(CC1OCCc2ccccc21)C(=O)NC(CCC(=O)O)Cc1ccccc1. The molecule has 2 aromatic carbocycles.